The molecule has 14 heavy (non-hydrogen) atoms. The first-order valence-corrected chi connectivity index (χ1v) is 3.65. The van der Waals surface area contributed by atoms with E-state index in [9.17, 15) is 14.9 Å². The van der Waals surface area contributed by atoms with Crippen molar-refractivity contribution in [1.29, 1.82) is 0 Å². The molecule has 8 nitrogen and oxygen atoms in total. The summed E-state index contributed by atoms with van der Waals surface area (Å²) in [4.78, 5) is 28.0. The third-order valence-electron chi connectivity index (χ3n) is 1.50. The van der Waals surface area contributed by atoms with Gasteiger partial charge in [0.25, 0.3) is 0 Å². The van der Waals surface area contributed by atoms with E-state index in [2.05, 4.69) is 9.97 Å². The highest BCUT2D eigenvalue weighted by Gasteiger charge is 2.22. The molecular weight excluding hydrogens is 190 g/mol. The van der Waals surface area contributed by atoms with E-state index in [1.807, 2.05) is 0 Å². The summed E-state index contributed by atoms with van der Waals surface area (Å²) in [6.45, 7) is 0. The van der Waals surface area contributed by atoms with Crippen molar-refractivity contribution in [2.24, 2.45) is 0 Å². The van der Waals surface area contributed by atoms with Gasteiger partial charge in [-0.05, 0) is 0 Å². The Kier molecular flexibility index (Phi) is 2.36. The van der Waals surface area contributed by atoms with Gasteiger partial charge in [0.15, 0.2) is 0 Å². The average Bonchev–Trinajstić information content (AvgIpc) is 2.01. The maximum Gasteiger partial charge on any atom is 0.375 e. The minimum atomic E-state index is -0.855. The number of hydrogen-bond donors (Lipinski definition) is 2. The zero-order chi connectivity index (χ0) is 10.9. The molecule has 0 fully saturated rings. The Bertz CT molecular complexity index is 424. The molecule has 0 unspecified atom stereocenters. The summed E-state index contributed by atoms with van der Waals surface area (Å²) in [5.41, 5.74) is 3.79. The van der Waals surface area contributed by atoms with Crippen LogP contribution in [-0.4, -0.2) is 29.0 Å². The van der Waals surface area contributed by atoms with Crippen LogP contribution in [0.2, 0.25) is 0 Å². The lowest BCUT2D eigenvalue weighted by Gasteiger charge is -2.10. The van der Waals surface area contributed by atoms with Crippen LogP contribution < -0.4 is 16.2 Å². The van der Waals surface area contributed by atoms with Gasteiger partial charge in [-0.25, -0.2) is 0 Å². The third-order valence-corrected chi connectivity index (χ3v) is 1.50. The van der Waals surface area contributed by atoms with Gasteiger partial charge in [0, 0.05) is 14.1 Å². The summed E-state index contributed by atoms with van der Waals surface area (Å²) in [7, 11) is 3.07. The van der Waals surface area contributed by atoms with Crippen LogP contribution in [0.3, 0.4) is 0 Å². The van der Waals surface area contributed by atoms with Crippen LogP contribution >= 0.6 is 0 Å². The SMILES string of the molecule is CN(C)c1nc(N)[nH]c(=O)c1[N+](=O)[O-]. The number of H-pyrrole nitrogens is 1. The van der Waals surface area contributed by atoms with Gasteiger partial charge in [-0.1, -0.05) is 0 Å². The van der Waals surface area contributed by atoms with Crippen LogP contribution in [0.15, 0.2) is 4.79 Å². The molecule has 76 valence electrons. The Labute approximate surface area is 78.5 Å². The molecule has 0 radical (unpaired) electrons. The number of nitrogens with zero attached hydrogens (tertiary/aromatic N) is 3. The zero-order valence-electron chi connectivity index (χ0n) is 7.64. The first-order chi connectivity index (χ1) is 6.43. The number of aromatic nitrogens is 2. The van der Waals surface area contributed by atoms with Crippen LogP contribution in [0.4, 0.5) is 17.5 Å². The molecule has 1 heterocycles. The topological polar surface area (TPSA) is 118 Å². The van der Waals surface area contributed by atoms with E-state index in [-0.39, 0.29) is 11.8 Å². The fourth-order valence-electron chi connectivity index (χ4n) is 0.948. The van der Waals surface area contributed by atoms with Gasteiger partial charge in [-0.2, -0.15) is 4.98 Å². The lowest BCUT2D eigenvalue weighted by Crippen LogP contribution is -2.22. The van der Waals surface area contributed by atoms with Crippen LogP contribution in [0.25, 0.3) is 0 Å². The predicted octanol–water partition coefficient (Wildman–Crippen LogP) is -0.674. The monoisotopic (exact) mass is 199 g/mol. The summed E-state index contributed by atoms with van der Waals surface area (Å²) < 4.78 is 0. The number of nitro groups is 1. The summed E-state index contributed by atoms with van der Waals surface area (Å²) in [5, 5.41) is 10.5. The normalized spacial score (nSPS) is 9.86. The molecule has 0 aromatic carbocycles. The third kappa shape index (κ3) is 1.63. The first-order valence-electron chi connectivity index (χ1n) is 3.65. The van der Waals surface area contributed by atoms with E-state index >= 15 is 0 Å². The molecule has 0 saturated heterocycles. The molecule has 0 bridgehead atoms. The van der Waals surface area contributed by atoms with E-state index in [1.165, 1.54) is 19.0 Å². The maximum absolute atomic E-state index is 11.2. The first kappa shape index (κ1) is 9.96. The van der Waals surface area contributed by atoms with Crippen molar-refractivity contribution in [3.8, 4) is 0 Å². The molecule has 0 aliphatic carbocycles. The van der Waals surface area contributed by atoms with Gasteiger partial charge in [-0.3, -0.25) is 19.9 Å². The number of anilines is 2. The molecular formula is C6H9N5O3. The average molecular weight is 199 g/mol. The summed E-state index contributed by atoms with van der Waals surface area (Å²) in [6, 6.07) is 0. The number of rotatable bonds is 2. The second-order valence-corrected chi connectivity index (χ2v) is 2.77. The Hall–Kier alpha value is -2.12. The second kappa shape index (κ2) is 3.32. The van der Waals surface area contributed by atoms with Crippen molar-refractivity contribution < 1.29 is 4.92 Å². The van der Waals surface area contributed by atoms with Gasteiger partial charge < -0.3 is 10.6 Å². The van der Waals surface area contributed by atoms with Crippen molar-refractivity contribution in [2.45, 2.75) is 0 Å². The standard InChI is InChI=1S/C6H9N5O3/c1-10(2)4-3(11(13)14)5(12)9-6(7)8-4/h1-2H3,(H3,7,8,9,12). The number of nitrogens with one attached hydrogen (secondary N) is 1. The molecule has 0 aliphatic rings. The van der Waals surface area contributed by atoms with Gasteiger partial charge in [0.05, 0.1) is 4.92 Å². The van der Waals surface area contributed by atoms with Crippen molar-refractivity contribution in [3.63, 3.8) is 0 Å². The molecule has 1 aromatic rings. The highest BCUT2D eigenvalue weighted by Crippen LogP contribution is 2.18. The molecule has 0 atom stereocenters. The molecule has 1 rings (SSSR count). The Balaban J connectivity index is 3.53. The molecule has 0 spiro atoms. The van der Waals surface area contributed by atoms with Crippen molar-refractivity contribution in [1.82, 2.24) is 9.97 Å². The van der Waals surface area contributed by atoms with Crippen molar-refractivity contribution >= 4 is 17.5 Å². The quantitative estimate of drug-likeness (QED) is 0.481. The predicted molar refractivity (Wildman–Crippen MR) is 50.3 cm³/mol. The summed E-state index contributed by atoms with van der Waals surface area (Å²) in [6.07, 6.45) is 0. The summed E-state index contributed by atoms with van der Waals surface area (Å²) in [5.74, 6) is -0.208. The minimum Gasteiger partial charge on any atom is -0.369 e. The molecule has 0 aliphatic heterocycles. The second-order valence-electron chi connectivity index (χ2n) is 2.77. The van der Waals surface area contributed by atoms with E-state index in [0.717, 1.165) is 0 Å². The molecule has 1 aromatic heterocycles. The molecule has 0 amide bonds. The Morgan fingerprint density at radius 2 is 2.14 bits per heavy atom. The van der Waals surface area contributed by atoms with E-state index < -0.39 is 16.2 Å². The Morgan fingerprint density at radius 3 is 2.57 bits per heavy atom. The maximum atomic E-state index is 11.2. The fourth-order valence-corrected chi connectivity index (χ4v) is 0.948. The van der Waals surface area contributed by atoms with E-state index in [0.29, 0.717) is 0 Å². The fraction of sp³-hybridized carbons (Fsp3) is 0.333. The van der Waals surface area contributed by atoms with Gasteiger partial charge in [-0.15, -0.1) is 0 Å². The van der Waals surface area contributed by atoms with Crippen LogP contribution in [0.1, 0.15) is 0 Å². The number of nitrogens with two attached hydrogens (primary N) is 1. The van der Waals surface area contributed by atoms with Crippen LogP contribution in [0, 0.1) is 10.1 Å². The van der Waals surface area contributed by atoms with Gasteiger partial charge >= 0.3 is 11.2 Å². The number of hydrogen-bond acceptors (Lipinski definition) is 6. The highest BCUT2D eigenvalue weighted by atomic mass is 16.6. The highest BCUT2D eigenvalue weighted by molar-refractivity contribution is 5.57. The summed E-state index contributed by atoms with van der Waals surface area (Å²) >= 11 is 0. The largest absolute Gasteiger partial charge is 0.375 e. The Morgan fingerprint density at radius 1 is 1.57 bits per heavy atom. The van der Waals surface area contributed by atoms with E-state index in [4.69, 9.17) is 5.73 Å². The number of aromatic amines is 1. The van der Waals surface area contributed by atoms with Gasteiger partial charge in [0.1, 0.15) is 0 Å². The zero-order valence-corrected chi connectivity index (χ0v) is 7.64. The lowest BCUT2D eigenvalue weighted by molar-refractivity contribution is -0.385. The smallest absolute Gasteiger partial charge is 0.369 e. The lowest BCUT2D eigenvalue weighted by atomic mass is 10.4. The van der Waals surface area contributed by atoms with Crippen molar-refractivity contribution in [3.05, 3.63) is 20.5 Å². The molecule has 0 saturated carbocycles. The van der Waals surface area contributed by atoms with Crippen LogP contribution in [-0.2, 0) is 0 Å². The van der Waals surface area contributed by atoms with E-state index in [1.54, 1.807) is 0 Å². The van der Waals surface area contributed by atoms with Gasteiger partial charge in [0.2, 0.25) is 11.8 Å². The van der Waals surface area contributed by atoms with Crippen molar-refractivity contribution in [2.75, 3.05) is 24.7 Å². The molecule has 3 N–H and O–H groups in total. The number of nitrogen functional groups attached to an aromatic ring is 1. The minimum absolute atomic E-state index is 0.0590. The van der Waals surface area contributed by atoms with Crippen LogP contribution in [0.5, 0.6) is 0 Å². The molecule has 8 heteroatoms.